The quantitative estimate of drug-likeness (QED) is 0.829. The Morgan fingerprint density at radius 1 is 1.40 bits per heavy atom. The molecular weight excluding hydrogens is 377 g/mol. The molecule has 1 N–H and O–H groups in total. The number of rotatable bonds is 2. The Kier molecular flexibility index (Phi) is 5.20. The molecule has 2 aliphatic heterocycles. The number of fused-ring (bicyclic) bond motifs is 1. The lowest BCUT2D eigenvalue weighted by Crippen LogP contribution is -2.46. The Balaban J connectivity index is 1.65. The topological polar surface area (TPSA) is 49.4 Å². The van der Waals surface area contributed by atoms with Crippen LogP contribution in [0.15, 0.2) is 23.1 Å². The van der Waals surface area contributed by atoms with Crippen molar-refractivity contribution in [3.8, 4) is 0 Å². The van der Waals surface area contributed by atoms with Gasteiger partial charge in [-0.15, -0.1) is 11.8 Å². The lowest BCUT2D eigenvalue weighted by atomic mass is 9.97. The van der Waals surface area contributed by atoms with Crippen LogP contribution < -0.4 is 5.32 Å². The predicted molar refractivity (Wildman–Crippen MR) is 89.7 cm³/mol. The average molecular weight is 393 g/mol. The molecule has 0 radical (unpaired) electrons. The molecule has 1 fully saturated rings. The highest BCUT2D eigenvalue weighted by molar-refractivity contribution is 8.01. The third-order valence-corrected chi connectivity index (χ3v) is 5.87. The fourth-order valence-corrected chi connectivity index (χ4v) is 4.27. The summed E-state index contributed by atoms with van der Waals surface area (Å²) in [4.78, 5) is 26.6. The Labute approximate surface area is 152 Å². The minimum atomic E-state index is -4.30. The lowest BCUT2D eigenvalue weighted by molar-refractivity contribution is -0.188. The molecule has 2 atom stereocenters. The van der Waals surface area contributed by atoms with Crippen molar-refractivity contribution in [1.29, 1.82) is 0 Å². The van der Waals surface area contributed by atoms with Crippen LogP contribution in [0.3, 0.4) is 0 Å². The van der Waals surface area contributed by atoms with E-state index in [0.29, 0.717) is 23.7 Å². The smallest absolute Gasteiger partial charge is 0.342 e. The van der Waals surface area contributed by atoms with Crippen molar-refractivity contribution in [2.24, 2.45) is 5.92 Å². The molecule has 0 aromatic heterocycles. The van der Waals surface area contributed by atoms with E-state index in [1.165, 1.54) is 16.7 Å². The van der Waals surface area contributed by atoms with Crippen LogP contribution in [-0.2, 0) is 9.59 Å². The second-order valence-electron chi connectivity index (χ2n) is 6.16. The standard InChI is InChI=1S/C16H16ClF3N2O2S/c17-10-3-4-12-11(6-10)21-15(24)13(25-12)7-14(23)22-5-1-2-9(8-22)16(18,19)20/h3-4,6,9,13H,1-2,5,7-8H2,(H,21,24). The number of hydrogen-bond donors (Lipinski definition) is 1. The molecule has 0 spiro atoms. The number of nitrogens with one attached hydrogen (secondary N) is 1. The zero-order valence-electron chi connectivity index (χ0n) is 13.1. The van der Waals surface area contributed by atoms with Crippen LogP contribution in [0.2, 0.25) is 5.02 Å². The van der Waals surface area contributed by atoms with E-state index in [4.69, 9.17) is 11.6 Å². The Morgan fingerprint density at radius 3 is 2.88 bits per heavy atom. The monoisotopic (exact) mass is 392 g/mol. The highest BCUT2D eigenvalue weighted by Crippen LogP contribution is 2.39. The SMILES string of the molecule is O=C1Nc2cc(Cl)ccc2SC1CC(=O)N1CCCC(C(F)(F)F)C1. The van der Waals surface area contributed by atoms with Crippen molar-refractivity contribution >= 4 is 40.9 Å². The first-order chi connectivity index (χ1) is 11.7. The molecule has 2 heterocycles. The summed E-state index contributed by atoms with van der Waals surface area (Å²) in [6.45, 7) is -0.0237. The molecule has 1 aromatic rings. The summed E-state index contributed by atoms with van der Waals surface area (Å²) >= 11 is 7.12. The number of alkyl halides is 3. The predicted octanol–water partition coefficient (Wildman–Crippen LogP) is 3.94. The van der Waals surface area contributed by atoms with E-state index in [0.717, 1.165) is 4.90 Å². The van der Waals surface area contributed by atoms with Crippen molar-refractivity contribution in [2.75, 3.05) is 18.4 Å². The summed E-state index contributed by atoms with van der Waals surface area (Å²) in [5.41, 5.74) is 0.585. The van der Waals surface area contributed by atoms with Crippen LogP contribution in [-0.4, -0.2) is 41.2 Å². The highest BCUT2D eigenvalue weighted by Gasteiger charge is 2.43. The van der Waals surface area contributed by atoms with Gasteiger partial charge >= 0.3 is 6.18 Å². The molecule has 0 bridgehead atoms. The molecule has 25 heavy (non-hydrogen) atoms. The number of benzene rings is 1. The number of anilines is 1. The number of nitrogens with zero attached hydrogens (tertiary/aromatic N) is 1. The molecule has 3 rings (SSSR count). The van der Waals surface area contributed by atoms with E-state index >= 15 is 0 Å². The van der Waals surface area contributed by atoms with Crippen molar-refractivity contribution in [3.63, 3.8) is 0 Å². The number of amides is 2. The van der Waals surface area contributed by atoms with E-state index in [1.807, 2.05) is 0 Å². The normalized spacial score (nSPS) is 23.8. The van der Waals surface area contributed by atoms with Crippen LogP contribution in [0.25, 0.3) is 0 Å². The van der Waals surface area contributed by atoms with E-state index in [2.05, 4.69) is 5.32 Å². The maximum absolute atomic E-state index is 12.9. The van der Waals surface area contributed by atoms with Crippen LogP contribution in [0, 0.1) is 5.92 Å². The maximum atomic E-state index is 12.9. The number of hydrogen-bond acceptors (Lipinski definition) is 3. The number of halogens is 4. The first-order valence-electron chi connectivity index (χ1n) is 7.85. The molecule has 2 amide bonds. The third-order valence-electron chi connectivity index (χ3n) is 4.36. The van der Waals surface area contributed by atoms with Crippen molar-refractivity contribution in [2.45, 2.75) is 35.6 Å². The fourth-order valence-electron chi connectivity index (χ4n) is 3.02. The second kappa shape index (κ2) is 7.07. The van der Waals surface area contributed by atoms with Gasteiger partial charge in [0, 0.05) is 29.4 Å². The molecule has 136 valence electrons. The molecule has 0 saturated carbocycles. The van der Waals surface area contributed by atoms with Gasteiger partial charge in [-0.2, -0.15) is 13.2 Å². The highest BCUT2D eigenvalue weighted by atomic mass is 35.5. The number of carbonyl (C=O) groups is 2. The molecule has 1 saturated heterocycles. The van der Waals surface area contributed by atoms with E-state index in [9.17, 15) is 22.8 Å². The second-order valence-corrected chi connectivity index (χ2v) is 7.84. The van der Waals surface area contributed by atoms with Gasteiger partial charge in [0.1, 0.15) is 0 Å². The zero-order valence-corrected chi connectivity index (χ0v) is 14.7. The Hall–Kier alpha value is -1.41. The van der Waals surface area contributed by atoms with Gasteiger partial charge in [-0.3, -0.25) is 9.59 Å². The van der Waals surface area contributed by atoms with E-state index in [-0.39, 0.29) is 25.3 Å². The van der Waals surface area contributed by atoms with Gasteiger partial charge in [0.05, 0.1) is 16.9 Å². The van der Waals surface area contributed by atoms with Crippen molar-refractivity contribution in [3.05, 3.63) is 23.2 Å². The van der Waals surface area contributed by atoms with Crippen molar-refractivity contribution in [1.82, 2.24) is 4.90 Å². The summed E-state index contributed by atoms with van der Waals surface area (Å²) in [6, 6.07) is 5.06. The van der Waals surface area contributed by atoms with Gasteiger partial charge in [0.2, 0.25) is 11.8 Å². The maximum Gasteiger partial charge on any atom is 0.393 e. The van der Waals surface area contributed by atoms with Gasteiger partial charge in [-0.25, -0.2) is 0 Å². The molecule has 1 aromatic carbocycles. The minimum Gasteiger partial charge on any atom is -0.342 e. The third kappa shape index (κ3) is 4.23. The summed E-state index contributed by atoms with van der Waals surface area (Å²) in [6.07, 6.45) is -4.06. The number of likely N-dealkylation sites (tertiary alicyclic amines) is 1. The molecule has 0 aliphatic carbocycles. The average Bonchev–Trinajstić information content (AvgIpc) is 2.55. The van der Waals surface area contributed by atoms with Crippen LogP contribution in [0.1, 0.15) is 19.3 Å². The largest absolute Gasteiger partial charge is 0.393 e. The van der Waals surface area contributed by atoms with E-state index < -0.39 is 23.3 Å². The summed E-state index contributed by atoms with van der Waals surface area (Å²) in [5.74, 6) is -2.24. The summed E-state index contributed by atoms with van der Waals surface area (Å²) < 4.78 is 38.6. The molecular formula is C16H16ClF3N2O2S. The molecule has 9 heteroatoms. The number of carbonyl (C=O) groups excluding carboxylic acids is 2. The van der Waals surface area contributed by atoms with Gasteiger partial charge in [0.25, 0.3) is 0 Å². The fraction of sp³-hybridized carbons (Fsp3) is 0.500. The first-order valence-corrected chi connectivity index (χ1v) is 9.11. The first kappa shape index (κ1) is 18.4. The molecule has 2 unspecified atom stereocenters. The zero-order chi connectivity index (χ0) is 18.2. The van der Waals surface area contributed by atoms with E-state index in [1.54, 1.807) is 18.2 Å². The lowest BCUT2D eigenvalue weighted by Gasteiger charge is -2.34. The van der Waals surface area contributed by atoms with Gasteiger partial charge in [0.15, 0.2) is 0 Å². The molecule has 4 nitrogen and oxygen atoms in total. The van der Waals surface area contributed by atoms with Crippen LogP contribution in [0.4, 0.5) is 18.9 Å². The van der Waals surface area contributed by atoms with Crippen LogP contribution in [0.5, 0.6) is 0 Å². The van der Waals surface area contributed by atoms with Gasteiger partial charge in [-0.05, 0) is 31.0 Å². The van der Waals surface area contributed by atoms with Gasteiger partial charge in [-0.1, -0.05) is 11.6 Å². The summed E-state index contributed by atoms with van der Waals surface area (Å²) in [7, 11) is 0. The minimum absolute atomic E-state index is 0.0417. The number of piperidine rings is 1. The number of thioether (sulfide) groups is 1. The van der Waals surface area contributed by atoms with Crippen LogP contribution >= 0.6 is 23.4 Å². The summed E-state index contributed by atoms with van der Waals surface area (Å²) in [5, 5.41) is 2.52. The molecule has 2 aliphatic rings. The van der Waals surface area contributed by atoms with Gasteiger partial charge < -0.3 is 10.2 Å². The Morgan fingerprint density at radius 2 is 2.16 bits per heavy atom. The Bertz CT molecular complexity index is 698. The van der Waals surface area contributed by atoms with Crippen molar-refractivity contribution < 1.29 is 22.8 Å².